The minimum absolute atomic E-state index is 0. The average Bonchev–Trinajstić information content (AvgIpc) is 3.61. The Kier molecular flexibility index (Phi) is 13.1. The molecule has 0 spiro atoms. The summed E-state index contributed by atoms with van der Waals surface area (Å²) >= 11 is 12.3. The van der Waals surface area contributed by atoms with Crippen molar-refractivity contribution in [2.45, 2.75) is 40.0 Å². The van der Waals surface area contributed by atoms with Crippen molar-refractivity contribution in [1.82, 2.24) is 24.9 Å². The molecular weight excluding hydrogens is 837 g/mol. The lowest BCUT2D eigenvalue weighted by atomic mass is 10.1. The van der Waals surface area contributed by atoms with E-state index in [0.29, 0.717) is 50.5 Å². The third kappa shape index (κ3) is 8.94. The average molecular weight is 878 g/mol. The van der Waals surface area contributed by atoms with Gasteiger partial charge in [-0.2, -0.15) is 10.2 Å². The Morgan fingerprint density at radius 2 is 1.18 bits per heavy atom. The molecule has 0 saturated heterocycles. The molecule has 0 fully saturated rings. The molecule has 312 valence electrons. The molecule has 0 radical (unpaired) electrons. The van der Waals surface area contributed by atoms with Crippen molar-refractivity contribution in [1.29, 1.82) is 0 Å². The van der Waals surface area contributed by atoms with Gasteiger partial charge in [0.25, 0.3) is 11.8 Å². The van der Waals surface area contributed by atoms with Crippen LogP contribution >= 0.6 is 35.6 Å². The summed E-state index contributed by atoms with van der Waals surface area (Å²) in [6.07, 6.45) is 3.39. The Labute approximate surface area is 360 Å². The van der Waals surface area contributed by atoms with Crippen molar-refractivity contribution in [3.05, 3.63) is 140 Å². The highest BCUT2D eigenvalue weighted by atomic mass is 35.5. The molecule has 0 unspecified atom stereocenters. The van der Waals surface area contributed by atoms with E-state index in [1.165, 1.54) is 24.3 Å². The van der Waals surface area contributed by atoms with Crippen LogP contribution in [0.1, 0.15) is 56.8 Å². The number of nitrogens with one attached hydrogen (secondary N) is 3. The van der Waals surface area contributed by atoms with Crippen LogP contribution in [0, 0.1) is 17.6 Å². The van der Waals surface area contributed by atoms with Gasteiger partial charge in [0.1, 0.15) is 23.3 Å². The SMILES string of the molecule is CC(C)C(=O)NCc1ccc(C(=O)N2Cc3cnn(C)c3Nc3cc(Cl)ccc32)cc1F.Cl.Cn1ncc2c1Nc1cc(Cl)ccc1N(C(=O)c1ccc(CN)c(F)c1)C2. The number of carbonyl (C=O) groups is 3. The summed E-state index contributed by atoms with van der Waals surface area (Å²) in [5, 5.41) is 18.8. The van der Waals surface area contributed by atoms with E-state index in [1.54, 1.807) is 101 Å². The first-order valence-corrected chi connectivity index (χ1v) is 19.3. The lowest BCUT2D eigenvalue weighted by molar-refractivity contribution is -0.124. The Hall–Kier alpha value is -6.00. The summed E-state index contributed by atoms with van der Waals surface area (Å²) < 4.78 is 32.3. The molecule has 13 nitrogen and oxygen atoms in total. The number of carbonyl (C=O) groups excluding carboxylic acids is 3. The molecule has 2 aliphatic heterocycles. The van der Waals surface area contributed by atoms with Gasteiger partial charge in [0.15, 0.2) is 0 Å². The van der Waals surface area contributed by atoms with E-state index < -0.39 is 11.6 Å². The molecule has 6 aromatic rings. The first kappa shape index (κ1) is 43.6. The van der Waals surface area contributed by atoms with Crippen LogP contribution in [0.2, 0.25) is 10.0 Å². The monoisotopic (exact) mass is 876 g/mol. The van der Waals surface area contributed by atoms with Gasteiger partial charge in [-0.15, -0.1) is 12.4 Å². The Morgan fingerprint density at radius 1 is 0.733 bits per heavy atom. The van der Waals surface area contributed by atoms with E-state index in [2.05, 4.69) is 26.1 Å². The summed E-state index contributed by atoms with van der Waals surface area (Å²) in [5.41, 5.74) is 10.9. The number of benzene rings is 4. The van der Waals surface area contributed by atoms with Crippen LogP contribution in [0.25, 0.3) is 0 Å². The van der Waals surface area contributed by atoms with Crippen LogP contribution in [-0.4, -0.2) is 37.3 Å². The van der Waals surface area contributed by atoms with Crippen molar-refractivity contribution < 1.29 is 23.2 Å². The maximum atomic E-state index is 14.7. The third-order valence-electron chi connectivity index (χ3n) is 9.98. The molecule has 8 rings (SSSR count). The molecular formula is C42H41Cl3F2N10O3. The van der Waals surface area contributed by atoms with Crippen molar-refractivity contribution >= 4 is 87.7 Å². The van der Waals surface area contributed by atoms with Gasteiger partial charge in [0, 0.05) is 76.5 Å². The van der Waals surface area contributed by atoms with Crippen LogP contribution in [-0.2, 0) is 45.1 Å². The number of fused-ring (bicyclic) bond motifs is 4. The molecule has 2 aromatic heterocycles. The largest absolute Gasteiger partial charge is 0.352 e. The smallest absolute Gasteiger partial charge is 0.258 e. The number of hydrogen-bond donors (Lipinski definition) is 4. The first-order valence-electron chi connectivity index (χ1n) is 18.6. The molecule has 0 bridgehead atoms. The van der Waals surface area contributed by atoms with Crippen LogP contribution < -0.4 is 31.5 Å². The Morgan fingerprint density at radius 3 is 1.60 bits per heavy atom. The summed E-state index contributed by atoms with van der Waals surface area (Å²) in [4.78, 5) is 41.6. The molecule has 3 amide bonds. The summed E-state index contributed by atoms with van der Waals surface area (Å²) in [7, 11) is 3.62. The van der Waals surface area contributed by atoms with Crippen LogP contribution in [0.15, 0.2) is 85.2 Å². The summed E-state index contributed by atoms with van der Waals surface area (Å²) in [5.74, 6) is -0.542. The van der Waals surface area contributed by atoms with Gasteiger partial charge < -0.3 is 31.5 Å². The third-order valence-corrected chi connectivity index (χ3v) is 10.4. The second kappa shape index (κ2) is 18.1. The van der Waals surface area contributed by atoms with E-state index in [1.807, 2.05) is 7.05 Å². The number of rotatable bonds is 6. The Bertz CT molecular complexity index is 2610. The van der Waals surface area contributed by atoms with E-state index in [4.69, 9.17) is 28.9 Å². The number of nitrogens with zero attached hydrogens (tertiary/aromatic N) is 6. The topological polar surface area (TPSA) is 155 Å². The fourth-order valence-electron chi connectivity index (χ4n) is 6.70. The number of anilines is 6. The van der Waals surface area contributed by atoms with Crippen molar-refractivity contribution in [3.63, 3.8) is 0 Å². The second-order valence-electron chi connectivity index (χ2n) is 14.3. The van der Waals surface area contributed by atoms with Crippen LogP contribution in [0.3, 0.4) is 0 Å². The van der Waals surface area contributed by atoms with Crippen LogP contribution in [0.4, 0.5) is 43.2 Å². The molecule has 18 heteroatoms. The number of aryl methyl sites for hydroxylation is 2. The highest BCUT2D eigenvalue weighted by Crippen LogP contribution is 2.39. The fraction of sp³-hybridized carbons (Fsp3) is 0.214. The highest BCUT2D eigenvalue weighted by molar-refractivity contribution is 6.31. The van der Waals surface area contributed by atoms with E-state index in [-0.39, 0.29) is 66.8 Å². The van der Waals surface area contributed by atoms with Gasteiger partial charge in [0.05, 0.1) is 48.2 Å². The van der Waals surface area contributed by atoms with Gasteiger partial charge in [-0.3, -0.25) is 23.7 Å². The van der Waals surface area contributed by atoms with Gasteiger partial charge in [-0.05, 0) is 60.7 Å². The number of amides is 3. The minimum atomic E-state index is -0.550. The van der Waals surface area contributed by atoms with Crippen LogP contribution in [0.5, 0.6) is 0 Å². The zero-order chi connectivity index (χ0) is 42.1. The minimum Gasteiger partial charge on any atom is -0.352 e. The fourth-order valence-corrected chi connectivity index (χ4v) is 7.05. The number of halogens is 5. The molecule has 2 aliphatic rings. The lowest BCUT2D eigenvalue weighted by Gasteiger charge is -2.23. The second-order valence-corrected chi connectivity index (χ2v) is 15.2. The maximum Gasteiger partial charge on any atom is 0.258 e. The van der Waals surface area contributed by atoms with E-state index >= 15 is 0 Å². The normalized spacial score (nSPS) is 12.5. The first-order chi connectivity index (χ1) is 28.2. The van der Waals surface area contributed by atoms with Crippen molar-refractivity contribution in [3.8, 4) is 0 Å². The molecule has 4 aromatic carbocycles. The zero-order valence-corrected chi connectivity index (χ0v) is 35.2. The molecule has 0 aliphatic carbocycles. The summed E-state index contributed by atoms with van der Waals surface area (Å²) in [6, 6.07) is 19.1. The molecule has 0 saturated carbocycles. The maximum absolute atomic E-state index is 14.7. The molecule has 4 heterocycles. The standard InChI is InChI=1S/C23H23ClFN5O2.C19H17ClFN5O.ClH/c1-13(2)22(31)26-10-15-5-4-14(8-18(15)25)23(32)30-12-16-11-27-29(3)21(16)28-19-9-17(24)6-7-20(19)30;1-25-18-13(9-23-25)10-26(17-5-4-14(20)7-16(17)24-18)19(27)11-2-3-12(8-22)15(21)6-11;/h4-9,11,13,28H,10,12H2,1-3H3,(H,26,31);2-7,9,24H,8,10,22H2,1H3;1H. The molecule has 0 atom stereocenters. The van der Waals surface area contributed by atoms with Gasteiger partial charge >= 0.3 is 0 Å². The quantitative estimate of drug-likeness (QED) is 0.130. The van der Waals surface area contributed by atoms with E-state index in [0.717, 1.165) is 22.8 Å². The number of hydrogen-bond acceptors (Lipinski definition) is 8. The number of nitrogens with two attached hydrogens (primary N) is 1. The van der Waals surface area contributed by atoms with Crippen molar-refractivity contribution in [2.75, 3.05) is 20.4 Å². The predicted octanol–water partition coefficient (Wildman–Crippen LogP) is 8.39. The number of aromatic nitrogens is 4. The highest BCUT2D eigenvalue weighted by Gasteiger charge is 2.29. The lowest BCUT2D eigenvalue weighted by Crippen LogP contribution is -2.30. The van der Waals surface area contributed by atoms with Gasteiger partial charge in [0.2, 0.25) is 5.91 Å². The van der Waals surface area contributed by atoms with Gasteiger partial charge in [-0.1, -0.05) is 49.2 Å². The predicted molar refractivity (Wildman–Crippen MR) is 232 cm³/mol. The van der Waals surface area contributed by atoms with E-state index in [9.17, 15) is 23.2 Å². The van der Waals surface area contributed by atoms with Crippen molar-refractivity contribution in [2.24, 2.45) is 25.7 Å². The molecule has 60 heavy (non-hydrogen) atoms. The molecule has 5 N–H and O–H groups in total. The summed E-state index contributed by atoms with van der Waals surface area (Å²) in [6.45, 7) is 4.23. The zero-order valence-electron chi connectivity index (χ0n) is 32.9. The Balaban J connectivity index is 0.000000200. The van der Waals surface area contributed by atoms with Gasteiger partial charge in [-0.25, -0.2) is 8.78 Å².